The number of hydrogen-bond donors (Lipinski definition) is 2. The summed E-state index contributed by atoms with van der Waals surface area (Å²) in [6.45, 7) is 2.18. The van der Waals surface area contributed by atoms with Crippen LogP contribution in [0.4, 0.5) is 4.79 Å². The summed E-state index contributed by atoms with van der Waals surface area (Å²) in [5, 5.41) is 5.41. The number of imide groups is 1. The van der Waals surface area contributed by atoms with Crippen LogP contribution in [0.15, 0.2) is 0 Å². The fourth-order valence-corrected chi connectivity index (χ4v) is 1.81. The molecular formula is C10H19N3O3. The molecular weight excluding hydrogens is 210 g/mol. The number of nitrogens with one attached hydrogen (secondary N) is 2. The van der Waals surface area contributed by atoms with Crippen molar-refractivity contribution < 1.29 is 14.3 Å². The molecule has 1 aliphatic rings. The monoisotopic (exact) mass is 229 g/mol. The summed E-state index contributed by atoms with van der Waals surface area (Å²) in [5.41, 5.74) is 0. The summed E-state index contributed by atoms with van der Waals surface area (Å²) < 4.78 is 4.35. The molecule has 0 saturated carbocycles. The Bertz CT molecular complexity index is 252. The molecule has 16 heavy (non-hydrogen) atoms. The van der Waals surface area contributed by atoms with E-state index in [1.165, 1.54) is 7.11 Å². The lowest BCUT2D eigenvalue weighted by Gasteiger charge is -2.30. The molecule has 1 saturated heterocycles. The Hall–Kier alpha value is -1.14. The summed E-state index contributed by atoms with van der Waals surface area (Å²) in [5.74, 6) is -0.326. The van der Waals surface area contributed by atoms with Gasteiger partial charge in [0.2, 0.25) is 5.91 Å². The lowest BCUT2D eigenvalue weighted by atomic mass is 10.1. The summed E-state index contributed by atoms with van der Waals surface area (Å²) in [4.78, 5) is 24.2. The number of carbonyl (C=O) groups excluding carboxylic acids is 2. The molecule has 0 bridgehead atoms. The maximum atomic E-state index is 11.4. The SMILES string of the molecule is COC(=O)NC(=O)CN(C)C1CCNCC1. The number of ether oxygens (including phenoxy) is 1. The third-order valence-electron chi connectivity index (χ3n) is 2.75. The fraction of sp³-hybridized carbons (Fsp3) is 0.800. The van der Waals surface area contributed by atoms with Gasteiger partial charge in [0.25, 0.3) is 0 Å². The standard InChI is InChI=1S/C10H19N3O3/c1-13(8-3-5-11-6-4-8)7-9(14)12-10(15)16-2/h8,11H,3-7H2,1-2H3,(H,12,14,15). The molecule has 6 nitrogen and oxygen atoms in total. The highest BCUT2D eigenvalue weighted by Crippen LogP contribution is 2.08. The molecule has 6 heteroatoms. The van der Waals surface area contributed by atoms with Crippen LogP contribution in [0.3, 0.4) is 0 Å². The van der Waals surface area contributed by atoms with E-state index < -0.39 is 6.09 Å². The Balaban J connectivity index is 2.29. The van der Waals surface area contributed by atoms with Gasteiger partial charge in [-0.2, -0.15) is 0 Å². The molecule has 0 spiro atoms. The Labute approximate surface area is 95.3 Å². The molecule has 0 aromatic rings. The molecule has 0 aromatic heterocycles. The highest BCUT2D eigenvalue weighted by Gasteiger charge is 2.20. The molecule has 1 fully saturated rings. The Morgan fingerprint density at radius 3 is 2.62 bits per heavy atom. The zero-order valence-electron chi connectivity index (χ0n) is 9.78. The van der Waals surface area contributed by atoms with Crippen molar-refractivity contribution in [2.24, 2.45) is 0 Å². The van der Waals surface area contributed by atoms with Gasteiger partial charge in [-0.25, -0.2) is 4.79 Å². The van der Waals surface area contributed by atoms with E-state index in [0.717, 1.165) is 25.9 Å². The first-order chi connectivity index (χ1) is 7.63. The zero-order chi connectivity index (χ0) is 12.0. The van der Waals surface area contributed by atoms with Crippen LogP contribution in [0.2, 0.25) is 0 Å². The molecule has 1 aliphatic heterocycles. The minimum Gasteiger partial charge on any atom is -0.453 e. The number of nitrogens with zero attached hydrogens (tertiary/aromatic N) is 1. The van der Waals surface area contributed by atoms with Gasteiger partial charge in [0.1, 0.15) is 0 Å². The van der Waals surface area contributed by atoms with Gasteiger partial charge in [-0.1, -0.05) is 0 Å². The maximum absolute atomic E-state index is 11.4. The zero-order valence-corrected chi connectivity index (χ0v) is 9.78. The van der Waals surface area contributed by atoms with E-state index in [9.17, 15) is 9.59 Å². The lowest BCUT2D eigenvalue weighted by Crippen LogP contribution is -2.46. The van der Waals surface area contributed by atoms with E-state index in [1.807, 2.05) is 11.9 Å². The number of carbonyl (C=O) groups is 2. The largest absolute Gasteiger partial charge is 0.453 e. The normalized spacial score (nSPS) is 17.2. The van der Waals surface area contributed by atoms with E-state index in [2.05, 4.69) is 15.4 Å². The van der Waals surface area contributed by atoms with Gasteiger partial charge in [-0.15, -0.1) is 0 Å². The third kappa shape index (κ3) is 4.16. The number of alkyl carbamates (subject to hydrolysis) is 1. The van der Waals surface area contributed by atoms with Crippen molar-refractivity contribution in [1.29, 1.82) is 0 Å². The summed E-state index contributed by atoms with van der Waals surface area (Å²) >= 11 is 0. The molecule has 1 heterocycles. The summed E-state index contributed by atoms with van der Waals surface area (Å²) in [6.07, 6.45) is 1.35. The first-order valence-electron chi connectivity index (χ1n) is 5.42. The van der Waals surface area contributed by atoms with Crippen LogP contribution in [0.5, 0.6) is 0 Å². The van der Waals surface area contributed by atoms with Gasteiger partial charge in [0.15, 0.2) is 0 Å². The average molecular weight is 229 g/mol. The Kier molecular flexibility index (Phi) is 5.21. The van der Waals surface area contributed by atoms with Crippen molar-refractivity contribution in [1.82, 2.24) is 15.5 Å². The van der Waals surface area contributed by atoms with E-state index in [1.54, 1.807) is 0 Å². The summed E-state index contributed by atoms with van der Waals surface area (Å²) in [6, 6.07) is 0.407. The van der Waals surface area contributed by atoms with Crippen molar-refractivity contribution in [2.75, 3.05) is 33.8 Å². The van der Waals surface area contributed by atoms with Gasteiger partial charge in [-0.05, 0) is 33.0 Å². The molecule has 0 atom stereocenters. The number of rotatable bonds is 3. The van der Waals surface area contributed by atoms with E-state index in [4.69, 9.17) is 0 Å². The lowest BCUT2D eigenvalue weighted by molar-refractivity contribution is -0.121. The van der Waals surface area contributed by atoms with Crippen LogP contribution in [-0.4, -0.2) is 56.7 Å². The summed E-state index contributed by atoms with van der Waals surface area (Å²) in [7, 11) is 3.13. The predicted octanol–water partition coefficient (Wildman–Crippen LogP) is -0.447. The second-order valence-corrected chi connectivity index (χ2v) is 3.94. The van der Waals surface area contributed by atoms with Crippen LogP contribution >= 0.6 is 0 Å². The van der Waals surface area contributed by atoms with Crippen molar-refractivity contribution in [3.8, 4) is 0 Å². The highest BCUT2D eigenvalue weighted by molar-refractivity contribution is 5.92. The quantitative estimate of drug-likeness (QED) is 0.686. The number of piperidine rings is 1. The van der Waals surface area contributed by atoms with E-state index in [0.29, 0.717) is 6.04 Å². The second-order valence-electron chi connectivity index (χ2n) is 3.94. The molecule has 2 N–H and O–H groups in total. The minimum absolute atomic E-state index is 0.222. The number of hydrogen-bond acceptors (Lipinski definition) is 5. The van der Waals surface area contributed by atoms with Crippen LogP contribution < -0.4 is 10.6 Å². The topological polar surface area (TPSA) is 70.7 Å². The van der Waals surface area contributed by atoms with Crippen LogP contribution in [-0.2, 0) is 9.53 Å². The van der Waals surface area contributed by atoms with Gasteiger partial charge in [-0.3, -0.25) is 15.0 Å². The molecule has 2 amide bonds. The first kappa shape index (κ1) is 12.9. The second kappa shape index (κ2) is 6.44. The first-order valence-corrected chi connectivity index (χ1v) is 5.42. The average Bonchev–Trinajstić information content (AvgIpc) is 2.29. The van der Waals surface area contributed by atoms with Crippen LogP contribution in [0, 0.1) is 0 Å². The fourth-order valence-electron chi connectivity index (χ4n) is 1.81. The number of likely N-dealkylation sites (N-methyl/N-ethyl adjacent to an activating group) is 1. The minimum atomic E-state index is -0.705. The highest BCUT2D eigenvalue weighted by atomic mass is 16.5. The van der Waals surface area contributed by atoms with Gasteiger partial charge in [0, 0.05) is 6.04 Å². The molecule has 1 rings (SSSR count). The van der Waals surface area contributed by atoms with E-state index >= 15 is 0 Å². The van der Waals surface area contributed by atoms with E-state index in [-0.39, 0.29) is 12.5 Å². The van der Waals surface area contributed by atoms with Crippen LogP contribution in [0.25, 0.3) is 0 Å². The molecule has 0 unspecified atom stereocenters. The molecule has 0 aliphatic carbocycles. The molecule has 92 valence electrons. The van der Waals surface area contributed by atoms with Gasteiger partial charge < -0.3 is 10.1 Å². The van der Waals surface area contributed by atoms with Crippen molar-refractivity contribution >= 4 is 12.0 Å². The molecule has 0 radical (unpaired) electrons. The van der Waals surface area contributed by atoms with Crippen molar-refractivity contribution in [3.63, 3.8) is 0 Å². The third-order valence-corrected chi connectivity index (χ3v) is 2.75. The predicted molar refractivity (Wildman–Crippen MR) is 59.1 cm³/mol. The van der Waals surface area contributed by atoms with Crippen LogP contribution in [0.1, 0.15) is 12.8 Å². The van der Waals surface area contributed by atoms with Crippen molar-refractivity contribution in [2.45, 2.75) is 18.9 Å². The van der Waals surface area contributed by atoms with Gasteiger partial charge in [0.05, 0.1) is 13.7 Å². The molecule has 0 aromatic carbocycles. The van der Waals surface area contributed by atoms with Gasteiger partial charge >= 0.3 is 6.09 Å². The number of methoxy groups -OCH3 is 1. The Morgan fingerprint density at radius 2 is 2.06 bits per heavy atom. The smallest absolute Gasteiger partial charge is 0.413 e. The van der Waals surface area contributed by atoms with Crippen molar-refractivity contribution in [3.05, 3.63) is 0 Å². The number of amides is 2. The Morgan fingerprint density at radius 1 is 1.44 bits per heavy atom. The maximum Gasteiger partial charge on any atom is 0.413 e.